The Morgan fingerprint density at radius 2 is 1.03 bits per heavy atom. The van der Waals surface area contributed by atoms with Crippen LogP contribution in [0.15, 0.2) is 0 Å². The van der Waals surface area contributed by atoms with Crippen LogP contribution >= 0.6 is 0 Å². The molecule has 0 bridgehead atoms. The van der Waals surface area contributed by atoms with Crippen LogP contribution in [0.3, 0.4) is 0 Å². The molecule has 1 unspecified atom stereocenters. The summed E-state index contributed by atoms with van der Waals surface area (Å²) >= 11 is 0. The molecule has 7 nitrogen and oxygen atoms in total. The topological polar surface area (TPSA) is 64.6 Å². The van der Waals surface area contributed by atoms with E-state index in [-0.39, 0.29) is 0 Å². The van der Waals surface area contributed by atoms with Crippen molar-refractivity contribution in [3.8, 4) is 0 Å². The highest BCUT2D eigenvalue weighted by Crippen LogP contribution is 2.26. The van der Waals surface area contributed by atoms with Crippen molar-refractivity contribution in [2.75, 3.05) is 41.7 Å². The number of hydrogen-bond acceptors (Lipinski definition) is 7. The summed E-state index contributed by atoms with van der Waals surface area (Å²) in [5.74, 6) is 0. The van der Waals surface area contributed by atoms with Crippen LogP contribution in [-0.2, 0) is 31.6 Å². The van der Waals surface area contributed by atoms with Crippen molar-refractivity contribution >= 4 is 25.7 Å². The first-order chi connectivity index (χ1) is 15.2. The molecule has 32 heavy (non-hydrogen) atoms. The summed E-state index contributed by atoms with van der Waals surface area (Å²) in [5.41, 5.74) is 0. The van der Waals surface area contributed by atoms with Gasteiger partial charge in [-0.15, -0.1) is 0 Å². The highest BCUT2D eigenvalue weighted by molar-refractivity contribution is 6.82. The van der Waals surface area contributed by atoms with Gasteiger partial charge in [0.2, 0.25) is 0 Å². The smallest absolute Gasteiger partial charge is 0.436 e. The lowest BCUT2D eigenvalue weighted by molar-refractivity contribution is -0.291. The summed E-state index contributed by atoms with van der Waals surface area (Å²) in [5, 5.41) is 0. The lowest BCUT2D eigenvalue weighted by Crippen LogP contribution is -2.48. The summed E-state index contributed by atoms with van der Waals surface area (Å²) < 4.78 is 29.1. The molecule has 0 spiro atoms. The molecule has 0 aliphatic heterocycles. The fraction of sp³-hybridized carbons (Fsp3) is 1.00. The molecule has 194 valence electrons. The first-order valence-electron chi connectivity index (χ1n) is 12.4. The average Bonchev–Trinajstić information content (AvgIpc) is 2.77. The molecular formula is C22H52O7Si3. The van der Waals surface area contributed by atoms with Gasteiger partial charge in [0.15, 0.2) is 8.32 Å². The van der Waals surface area contributed by atoms with Crippen LogP contribution in [0, 0.1) is 0 Å². The van der Waals surface area contributed by atoms with E-state index in [1.165, 1.54) is 38.1 Å². The Hall–Kier alpha value is 0.371. The zero-order valence-electron chi connectivity index (χ0n) is 22.3. The first-order valence-corrected chi connectivity index (χ1v) is 19.9. The molecule has 0 aliphatic carbocycles. The van der Waals surface area contributed by atoms with E-state index in [1.54, 1.807) is 21.3 Å². The minimum absolute atomic E-state index is 0.599. The average molecular weight is 513 g/mol. The van der Waals surface area contributed by atoms with Gasteiger partial charge in [-0.1, -0.05) is 44.9 Å². The van der Waals surface area contributed by atoms with Crippen LogP contribution in [0.4, 0.5) is 0 Å². The molecule has 0 rings (SSSR count). The van der Waals surface area contributed by atoms with E-state index in [2.05, 4.69) is 19.6 Å². The van der Waals surface area contributed by atoms with Gasteiger partial charge < -0.3 is 21.8 Å². The largest absolute Gasteiger partial charge is 0.500 e. The Bertz CT molecular complexity index is 431. The van der Waals surface area contributed by atoms with Gasteiger partial charge >= 0.3 is 17.4 Å². The molecule has 0 aromatic heterocycles. The molecule has 0 N–H and O–H groups in total. The van der Waals surface area contributed by atoms with Crippen LogP contribution < -0.4 is 0 Å². The molecule has 0 fully saturated rings. The van der Waals surface area contributed by atoms with E-state index in [1.807, 2.05) is 14.0 Å². The van der Waals surface area contributed by atoms with Crippen LogP contribution in [-0.4, -0.2) is 67.3 Å². The monoisotopic (exact) mass is 512 g/mol. The molecule has 10 heteroatoms. The number of rotatable bonds is 23. The molecule has 0 aromatic carbocycles. The van der Waals surface area contributed by atoms with Crippen LogP contribution in [0.2, 0.25) is 37.8 Å². The maximum absolute atomic E-state index is 6.70. The van der Waals surface area contributed by atoms with E-state index >= 15 is 0 Å². The molecule has 0 aromatic rings. The van der Waals surface area contributed by atoms with Gasteiger partial charge in [0.1, 0.15) is 0 Å². The van der Waals surface area contributed by atoms with E-state index < -0.39 is 25.7 Å². The van der Waals surface area contributed by atoms with Crippen molar-refractivity contribution in [3.63, 3.8) is 0 Å². The molecule has 0 radical (unpaired) electrons. The maximum Gasteiger partial charge on any atom is 0.500 e. The Balaban J connectivity index is 4.01. The minimum Gasteiger partial charge on any atom is -0.436 e. The molecule has 0 heterocycles. The van der Waals surface area contributed by atoms with Gasteiger partial charge in [-0.3, -0.25) is 0 Å². The van der Waals surface area contributed by atoms with Crippen LogP contribution in [0.5, 0.6) is 0 Å². The van der Waals surface area contributed by atoms with Gasteiger partial charge in [0.25, 0.3) is 0 Å². The van der Waals surface area contributed by atoms with Crippen molar-refractivity contribution < 1.29 is 31.6 Å². The van der Waals surface area contributed by atoms with Gasteiger partial charge in [0.05, 0.1) is 13.2 Å². The van der Waals surface area contributed by atoms with E-state index in [9.17, 15) is 0 Å². The summed E-state index contributed by atoms with van der Waals surface area (Å²) in [7, 11) is 0.675. The SMILES string of the molecule is CCOOCCCCC[Si](C)(OC)O[Si](C)(C)CCCCCCCC[Si](OC)(OC)OC. The van der Waals surface area contributed by atoms with Crippen molar-refractivity contribution in [3.05, 3.63) is 0 Å². The third-order valence-electron chi connectivity index (χ3n) is 5.93. The Kier molecular flexibility index (Phi) is 18.9. The lowest BCUT2D eigenvalue weighted by atomic mass is 10.1. The summed E-state index contributed by atoms with van der Waals surface area (Å²) in [6, 6.07) is 3.14. The van der Waals surface area contributed by atoms with Crippen LogP contribution in [0.1, 0.15) is 64.7 Å². The predicted octanol–water partition coefficient (Wildman–Crippen LogP) is 6.28. The Morgan fingerprint density at radius 1 is 0.531 bits per heavy atom. The van der Waals surface area contributed by atoms with Crippen molar-refractivity contribution in [2.24, 2.45) is 0 Å². The molecule has 0 aliphatic rings. The number of unbranched alkanes of at least 4 members (excludes halogenated alkanes) is 7. The van der Waals surface area contributed by atoms with Gasteiger partial charge in [-0.25, -0.2) is 9.78 Å². The zero-order chi connectivity index (χ0) is 24.3. The highest BCUT2D eigenvalue weighted by Gasteiger charge is 2.37. The fourth-order valence-electron chi connectivity index (χ4n) is 3.91. The normalized spacial score (nSPS) is 14.6. The first kappa shape index (κ1) is 32.4. The molecular weight excluding hydrogens is 460 g/mol. The summed E-state index contributed by atoms with van der Waals surface area (Å²) in [4.78, 5) is 10.00. The lowest BCUT2D eigenvalue weighted by Gasteiger charge is -2.35. The standard InChI is InChI=1S/C22H52O7Si3/c1-9-27-28-19-15-14-17-21-31(8,23-2)29-30(6,7)20-16-12-10-11-13-18-22-32(24-3,25-4)26-5/h9-22H2,1-8H3. The van der Waals surface area contributed by atoms with E-state index in [0.717, 1.165) is 37.8 Å². The molecule has 1 atom stereocenters. The Morgan fingerprint density at radius 3 is 1.56 bits per heavy atom. The quantitative estimate of drug-likeness (QED) is 0.0690. The second-order valence-electron chi connectivity index (χ2n) is 9.16. The number of hydrogen-bond donors (Lipinski definition) is 0. The third-order valence-corrected chi connectivity index (χ3v) is 16.4. The van der Waals surface area contributed by atoms with Crippen LogP contribution in [0.25, 0.3) is 0 Å². The van der Waals surface area contributed by atoms with Crippen molar-refractivity contribution in [2.45, 2.75) is 102 Å². The molecule has 0 amide bonds. The van der Waals surface area contributed by atoms with Gasteiger partial charge in [0, 0.05) is 34.5 Å². The third kappa shape index (κ3) is 15.3. The van der Waals surface area contributed by atoms with Gasteiger partial charge in [-0.05, 0) is 51.5 Å². The second-order valence-corrected chi connectivity index (χ2v) is 20.3. The summed E-state index contributed by atoms with van der Waals surface area (Å²) in [6.45, 7) is 10.1. The Labute approximate surface area is 201 Å². The fourth-order valence-corrected chi connectivity index (χ4v) is 13.7. The van der Waals surface area contributed by atoms with E-state index in [4.69, 9.17) is 31.6 Å². The predicted molar refractivity (Wildman–Crippen MR) is 138 cm³/mol. The van der Waals surface area contributed by atoms with Crippen molar-refractivity contribution in [1.29, 1.82) is 0 Å². The van der Waals surface area contributed by atoms with Crippen molar-refractivity contribution in [1.82, 2.24) is 0 Å². The van der Waals surface area contributed by atoms with E-state index in [0.29, 0.717) is 13.2 Å². The molecule has 0 saturated carbocycles. The second kappa shape index (κ2) is 18.7. The van der Waals surface area contributed by atoms with Gasteiger partial charge in [-0.2, -0.15) is 0 Å². The minimum atomic E-state index is -2.40. The maximum atomic E-state index is 6.70. The highest BCUT2D eigenvalue weighted by atomic mass is 28.4. The zero-order valence-corrected chi connectivity index (χ0v) is 25.3. The summed E-state index contributed by atoms with van der Waals surface area (Å²) in [6.07, 6.45) is 10.6. The molecule has 0 saturated heterocycles.